The maximum atomic E-state index is 13.2. The predicted molar refractivity (Wildman–Crippen MR) is 96.2 cm³/mol. The smallest absolute Gasteiger partial charge is 0.243 e. The first-order valence-electron chi connectivity index (χ1n) is 8.27. The zero-order valence-electron chi connectivity index (χ0n) is 14.7. The van der Waals surface area contributed by atoms with Crippen LogP contribution in [0.3, 0.4) is 0 Å². The molecule has 6 heteroatoms. The summed E-state index contributed by atoms with van der Waals surface area (Å²) in [6.07, 6.45) is -0.234. The van der Waals surface area contributed by atoms with Gasteiger partial charge in [-0.05, 0) is 43.7 Å². The van der Waals surface area contributed by atoms with Crippen LogP contribution in [-0.2, 0) is 14.8 Å². The average molecular weight is 361 g/mol. The normalized spacial score (nSPS) is 21.9. The SMILES string of the molecule is COc1ccc(C2C(C)OCCN2S(=O)(=O)c2ccc(C)cc2)cc1. The Morgan fingerprint density at radius 2 is 1.72 bits per heavy atom. The molecule has 25 heavy (non-hydrogen) atoms. The number of methoxy groups -OCH3 is 1. The predicted octanol–water partition coefficient (Wildman–Crippen LogP) is 3.15. The highest BCUT2D eigenvalue weighted by atomic mass is 32.2. The van der Waals surface area contributed by atoms with Crippen LogP contribution in [0.2, 0.25) is 0 Å². The van der Waals surface area contributed by atoms with Crippen LogP contribution >= 0.6 is 0 Å². The maximum absolute atomic E-state index is 13.2. The Hall–Kier alpha value is -1.89. The summed E-state index contributed by atoms with van der Waals surface area (Å²) >= 11 is 0. The number of rotatable bonds is 4. The van der Waals surface area contributed by atoms with Gasteiger partial charge in [0.2, 0.25) is 10.0 Å². The van der Waals surface area contributed by atoms with Crippen LogP contribution in [0.4, 0.5) is 0 Å². The number of aryl methyl sites for hydroxylation is 1. The number of benzene rings is 2. The van der Waals surface area contributed by atoms with E-state index < -0.39 is 10.0 Å². The van der Waals surface area contributed by atoms with E-state index in [0.717, 1.165) is 16.9 Å². The third-order valence-corrected chi connectivity index (χ3v) is 6.43. The summed E-state index contributed by atoms with van der Waals surface area (Å²) in [5, 5.41) is 0. The highest BCUT2D eigenvalue weighted by Gasteiger charge is 2.38. The number of sulfonamides is 1. The summed E-state index contributed by atoms with van der Waals surface area (Å²) in [5.74, 6) is 0.737. The van der Waals surface area contributed by atoms with Crippen molar-refractivity contribution in [2.45, 2.75) is 30.9 Å². The van der Waals surface area contributed by atoms with E-state index in [-0.39, 0.29) is 12.1 Å². The van der Waals surface area contributed by atoms with Gasteiger partial charge < -0.3 is 9.47 Å². The number of morpholine rings is 1. The van der Waals surface area contributed by atoms with E-state index >= 15 is 0 Å². The van der Waals surface area contributed by atoms with Crippen LogP contribution in [-0.4, -0.2) is 39.1 Å². The largest absolute Gasteiger partial charge is 0.497 e. The first-order valence-corrected chi connectivity index (χ1v) is 9.71. The van der Waals surface area contributed by atoms with E-state index in [2.05, 4.69) is 0 Å². The van der Waals surface area contributed by atoms with Gasteiger partial charge in [0.1, 0.15) is 5.75 Å². The highest BCUT2D eigenvalue weighted by molar-refractivity contribution is 7.89. The molecule has 1 saturated heterocycles. The number of hydrogen-bond donors (Lipinski definition) is 0. The zero-order chi connectivity index (χ0) is 18.0. The van der Waals surface area contributed by atoms with Gasteiger partial charge in [-0.25, -0.2) is 8.42 Å². The van der Waals surface area contributed by atoms with Crippen LogP contribution in [0.5, 0.6) is 5.75 Å². The molecular formula is C19H23NO4S. The molecule has 5 nitrogen and oxygen atoms in total. The summed E-state index contributed by atoms with van der Waals surface area (Å²) in [6, 6.07) is 14.1. The van der Waals surface area contributed by atoms with Gasteiger partial charge in [0.15, 0.2) is 0 Å². The van der Waals surface area contributed by atoms with Crippen LogP contribution in [0.25, 0.3) is 0 Å². The summed E-state index contributed by atoms with van der Waals surface area (Å²) in [5.41, 5.74) is 1.92. The Balaban J connectivity index is 2.00. The fraction of sp³-hybridized carbons (Fsp3) is 0.368. The molecule has 2 aromatic rings. The van der Waals surface area contributed by atoms with Gasteiger partial charge in [-0.3, -0.25) is 0 Å². The minimum atomic E-state index is -3.60. The zero-order valence-corrected chi connectivity index (χ0v) is 15.5. The topological polar surface area (TPSA) is 55.8 Å². The van der Waals surface area contributed by atoms with Gasteiger partial charge in [0, 0.05) is 6.54 Å². The fourth-order valence-corrected chi connectivity index (χ4v) is 4.80. The van der Waals surface area contributed by atoms with Crippen molar-refractivity contribution < 1.29 is 17.9 Å². The molecule has 1 fully saturated rings. The van der Waals surface area contributed by atoms with Gasteiger partial charge in [-0.1, -0.05) is 29.8 Å². The van der Waals surface area contributed by atoms with Gasteiger partial charge in [0.05, 0.1) is 30.8 Å². The monoisotopic (exact) mass is 361 g/mol. The minimum Gasteiger partial charge on any atom is -0.497 e. The fourth-order valence-electron chi connectivity index (χ4n) is 3.15. The second-order valence-corrected chi connectivity index (χ2v) is 8.11. The van der Waals surface area contributed by atoms with Gasteiger partial charge in [-0.2, -0.15) is 4.31 Å². The average Bonchev–Trinajstić information content (AvgIpc) is 2.62. The van der Waals surface area contributed by atoms with Crippen molar-refractivity contribution in [3.05, 3.63) is 59.7 Å². The van der Waals surface area contributed by atoms with Crippen molar-refractivity contribution in [1.82, 2.24) is 4.31 Å². The molecular weight excluding hydrogens is 338 g/mol. The molecule has 2 atom stereocenters. The van der Waals surface area contributed by atoms with Crippen LogP contribution < -0.4 is 4.74 Å². The standard InChI is InChI=1S/C19H23NO4S/c1-14-4-10-18(11-5-14)25(21,22)20-12-13-24-15(2)19(20)16-6-8-17(23-3)9-7-16/h4-11,15,19H,12-13H2,1-3H3. The molecule has 0 aliphatic carbocycles. The Labute approximate surface area is 149 Å². The van der Waals surface area contributed by atoms with Crippen molar-refractivity contribution in [3.63, 3.8) is 0 Å². The van der Waals surface area contributed by atoms with E-state index in [1.165, 1.54) is 0 Å². The van der Waals surface area contributed by atoms with Gasteiger partial charge >= 0.3 is 0 Å². The number of hydrogen-bond acceptors (Lipinski definition) is 4. The van der Waals surface area contributed by atoms with E-state index in [4.69, 9.17) is 9.47 Å². The lowest BCUT2D eigenvalue weighted by molar-refractivity contribution is -0.0305. The quantitative estimate of drug-likeness (QED) is 0.839. The lowest BCUT2D eigenvalue weighted by Gasteiger charge is -2.39. The van der Waals surface area contributed by atoms with Crippen molar-refractivity contribution in [3.8, 4) is 5.75 Å². The van der Waals surface area contributed by atoms with Crippen molar-refractivity contribution in [1.29, 1.82) is 0 Å². The third-order valence-electron chi connectivity index (χ3n) is 4.53. The van der Waals surface area contributed by atoms with Crippen molar-refractivity contribution >= 4 is 10.0 Å². The second kappa shape index (κ2) is 7.15. The molecule has 0 spiro atoms. The molecule has 0 amide bonds. The first kappa shape index (κ1) is 17.9. The molecule has 0 saturated carbocycles. The lowest BCUT2D eigenvalue weighted by atomic mass is 10.0. The third kappa shape index (κ3) is 3.56. The molecule has 2 aromatic carbocycles. The minimum absolute atomic E-state index is 0.234. The van der Waals surface area contributed by atoms with E-state index in [9.17, 15) is 8.42 Å². The molecule has 134 valence electrons. The summed E-state index contributed by atoms with van der Waals surface area (Å²) in [6.45, 7) is 4.56. The molecule has 0 aromatic heterocycles. The van der Waals surface area contributed by atoms with Crippen molar-refractivity contribution in [2.24, 2.45) is 0 Å². The van der Waals surface area contributed by atoms with E-state index in [0.29, 0.717) is 18.0 Å². The van der Waals surface area contributed by atoms with E-state index in [1.807, 2.05) is 50.2 Å². The molecule has 3 rings (SSSR count). The highest BCUT2D eigenvalue weighted by Crippen LogP contribution is 2.34. The molecule has 0 radical (unpaired) electrons. The molecule has 1 heterocycles. The second-order valence-electron chi connectivity index (χ2n) is 6.22. The molecule has 2 unspecified atom stereocenters. The Morgan fingerprint density at radius 1 is 1.08 bits per heavy atom. The van der Waals surface area contributed by atoms with Crippen molar-refractivity contribution in [2.75, 3.05) is 20.3 Å². The van der Waals surface area contributed by atoms with Gasteiger partial charge in [-0.15, -0.1) is 0 Å². The first-order chi connectivity index (χ1) is 11.9. The van der Waals surface area contributed by atoms with Gasteiger partial charge in [0.25, 0.3) is 0 Å². The van der Waals surface area contributed by atoms with Crippen LogP contribution in [0, 0.1) is 6.92 Å². The Kier molecular flexibility index (Phi) is 5.13. The number of ether oxygens (including phenoxy) is 2. The lowest BCUT2D eigenvalue weighted by Crippen LogP contribution is -2.47. The summed E-state index contributed by atoms with van der Waals surface area (Å²) in [4.78, 5) is 0.311. The molecule has 1 aliphatic rings. The number of nitrogens with zero attached hydrogens (tertiary/aromatic N) is 1. The van der Waals surface area contributed by atoms with Crippen LogP contribution in [0.15, 0.2) is 53.4 Å². The molecule has 0 N–H and O–H groups in total. The molecule has 0 bridgehead atoms. The Morgan fingerprint density at radius 3 is 2.32 bits per heavy atom. The maximum Gasteiger partial charge on any atom is 0.243 e. The Bertz CT molecular complexity index is 816. The van der Waals surface area contributed by atoms with Crippen LogP contribution in [0.1, 0.15) is 24.1 Å². The van der Waals surface area contributed by atoms with E-state index in [1.54, 1.807) is 23.5 Å². The summed E-state index contributed by atoms with van der Waals surface area (Å²) < 4.78 is 38.9. The molecule has 1 aliphatic heterocycles. The summed E-state index contributed by atoms with van der Waals surface area (Å²) in [7, 11) is -2.00.